The molecule has 1 aromatic carbocycles. The molecule has 0 radical (unpaired) electrons. The van der Waals surface area contributed by atoms with Gasteiger partial charge in [0.2, 0.25) is 0 Å². The van der Waals surface area contributed by atoms with Crippen molar-refractivity contribution < 1.29 is 22.3 Å². The minimum atomic E-state index is -4.52. The molecule has 2 rings (SSSR count). The summed E-state index contributed by atoms with van der Waals surface area (Å²) in [6, 6.07) is 2.55. The van der Waals surface area contributed by atoms with Crippen molar-refractivity contribution in [3.63, 3.8) is 0 Å². The topological polar surface area (TPSA) is 21.3 Å². The zero-order valence-electron chi connectivity index (χ0n) is 11.2. The van der Waals surface area contributed by atoms with Gasteiger partial charge in [-0.2, -0.15) is 13.2 Å². The first kappa shape index (κ1) is 15.1. The summed E-state index contributed by atoms with van der Waals surface area (Å²) in [4.78, 5) is 0. The van der Waals surface area contributed by atoms with Gasteiger partial charge < -0.3 is 10.1 Å². The minimum absolute atomic E-state index is 0.0204. The van der Waals surface area contributed by atoms with E-state index in [0.29, 0.717) is 25.8 Å². The number of halogens is 4. The molecule has 1 saturated heterocycles. The average molecular weight is 291 g/mol. The van der Waals surface area contributed by atoms with E-state index >= 15 is 0 Å². The highest BCUT2D eigenvalue weighted by atomic mass is 19.4. The van der Waals surface area contributed by atoms with Crippen molar-refractivity contribution in [2.45, 2.75) is 25.9 Å². The predicted molar refractivity (Wildman–Crippen MR) is 68.1 cm³/mol. The van der Waals surface area contributed by atoms with E-state index < -0.39 is 17.6 Å². The van der Waals surface area contributed by atoms with Gasteiger partial charge in [-0.05, 0) is 36.5 Å². The van der Waals surface area contributed by atoms with Gasteiger partial charge in [0.25, 0.3) is 0 Å². The van der Waals surface area contributed by atoms with Crippen LogP contribution in [0.25, 0.3) is 0 Å². The normalized spacial score (nSPS) is 18.9. The fraction of sp³-hybridized carbons (Fsp3) is 0.571. The fourth-order valence-corrected chi connectivity index (χ4v) is 2.18. The Labute approximate surface area is 115 Å². The van der Waals surface area contributed by atoms with Gasteiger partial charge in [0.1, 0.15) is 5.82 Å². The molecule has 20 heavy (non-hydrogen) atoms. The molecule has 112 valence electrons. The Bertz CT molecular complexity index is 467. The van der Waals surface area contributed by atoms with E-state index in [-0.39, 0.29) is 11.1 Å². The van der Waals surface area contributed by atoms with Gasteiger partial charge in [0, 0.05) is 19.8 Å². The monoisotopic (exact) mass is 291 g/mol. The Kier molecular flexibility index (Phi) is 4.22. The van der Waals surface area contributed by atoms with E-state index in [9.17, 15) is 17.6 Å². The standard InChI is InChI=1S/C14H17F4NO/c1-13(4-6-20-7-5-13)9-19-12-3-2-10(8-11(12)15)14(16,17)18/h2-3,8,19H,4-7,9H2,1H3. The van der Waals surface area contributed by atoms with Gasteiger partial charge in [0.05, 0.1) is 11.3 Å². The highest BCUT2D eigenvalue weighted by molar-refractivity contribution is 5.47. The van der Waals surface area contributed by atoms with Crippen molar-refractivity contribution in [1.82, 2.24) is 0 Å². The molecule has 0 aliphatic carbocycles. The SMILES string of the molecule is CC1(CNc2ccc(C(F)(F)F)cc2F)CCOCC1. The number of hydrogen-bond donors (Lipinski definition) is 1. The lowest BCUT2D eigenvalue weighted by Crippen LogP contribution is -2.33. The summed E-state index contributed by atoms with van der Waals surface area (Å²) in [7, 11) is 0. The zero-order chi connectivity index (χ0) is 14.8. The maximum Gasteiger partial charge on any atom is 0.416 e. The Morgan fingerprint density at radius 2 is 1.90 bits per heavy atom. The molecule has 1 heterocycles. The van der Waals surface area contributed by atoms with Crippen molar-refractivity contribution in [1.29, 1.82) is 0 Å². The van der Waals surface area contributed by atoms with Crippen LogP contribution in [0.3, 0.4) is 0 Å². The van der Waals surface area contributed by atoms with E-state index in [0.717, 1.165) is 25.0 Å². The second-order valence-corrected chi connectivity index (χ2v) is 5.47. The van der Waals surface area contributed by atoms with Crippen LogP contribution in [-0.2, 0) is 10.9 Å². The van der Waals surface area contributed by atoms with Crippen molar-refractivity contribution in [2.24, 2.45) is 5.41 Å². The third kappa shape index (κ3) is 3.62. The molecule has 1 aliphatic rings. The summed E-state index contributed by atoms with van der Waals surface area (Å²) >= 11 is 0. The van der Waals surface area contributed by atoms with Crippen LogP contribution in [0.15, 0.2) is 18.2 Å². The first-order valence-electron chi connectivity index (χ1n) is 6.49. The van der Waals surface area contributed by atoms with Crippen molar-refractivity contribution >= 4 is 5.69 Å². The highest BCUT2D eigenvalue weighted by Gasteiger charge is 2.31. The summed E-state index contributed by atoms with van der Waals surface area (Å²) in [6.07, 6.45) is -2.82. The molecule has 2 nitrogen and oxygen atoms in total. The van der Waals surface area contributed by atoms with Gasteiger partial charge in [-0.1, -0.05) is 6.92 Å². The highest BCUT2D eigenvalue weighted by Crippen LogP contribution is 2.33. The zero-order valence-corrected chi connectivity index (χ0v) is 11.2. The lowest BCUT2D eigenvalue weighted by Gasteiger charge is -2.34. The van der Waals surface area contributed by atoms with Crippen LogP contribution in [0.5, 0.6) is 0 Å². The Morgan fingerprint density at radius 3 is 2.45 bits per heavy atom. The van der Waals surface area contributed by atoms with Crippen molar-refractivity contribution in [2.75, 3.05) is 25.1 Å². The van der Waals surface area contributed by atoms with E-state index in [1.807, 2.05) is 0 Å². The van der Waals surface area contributed by atoms with Crippen LogP contribution in [0.4, 0.5) is 23.2 Å². The van der Waals surface area contributed by atoms with Crippen molar-refractivity contribution in [3.05, 3.63) is 29.6 Å². The third-order valence-electron chi connectivity index (χ3n) is 3.70. The largest absolute Gasteiger partial charge is 0.416 e. The third-order valence-corrected chi connectivity index (χ3v) is 3.70. The second-order valence-electron chi connectivity index (χ2n) is 5.47. The molecule has 1 aromatic rings. The molecule has 0 bridgehead atoms. The molecule has 1 N–H and O–H groups in total. The van der Waals surface area contributed by atoms with Crippen LogP contribution in [0, 0.1) is 11.2 Å². The molecule has 0 saturated carbocycles. The lowest BCUT2D eigenvalue weighted by atomic mass is 9.82. The smallest absolute Gasteiger partial charge is 0.382 e. The Hall–Kier alpha value is -1.30. The van der Waals surface area contributed by atoms with Gasteiger partial charge in [-0.15, -0.1) is 0 Å². The number of nitrogens with one attached hydrogen (secondary N) is 1. The van der Waals surface area contributed by atoms with Crippen molar-refractivity contribution in [3.8, 4) is 0 Å². The maximum absolute atomic E-state index is 13.7. The Morgan fingerprint density at radius 1 is 1.25 bits per heavy atom. The van der Waals surface area contributed by atoms with E-state index in [2.05, 4.69) is 12.2 Å². The molecule has 1 fully saturated rings. The number of hydrogen-bond acceptors (Lipinski definition) is 2. The van der Waals surface area contributed by atoms with Gasteiger partial charge in [0.15, 0.2) is 0 Å². The summed E-state index contributed by atoms with van der Waals surface area (Å²) in [6.45, 7) is 3.89. The summed E-state index contributed by atoms with van der Waals surface area (Å²) in [5, 5.41) is 2.90. The molecule has 0 spiro atoms. The second kappa shape index (κ2) is 5.60. The average Bonchev–Trinajstić information content (AvgIpc) is 2.37. The first-order chi connectivity index (χ1) is 9.30. The van der Waals surface area contributed by atoms with Crippen LogP contribution >= 0.6 is 0 Å². The van der Waals surface area contributed by atoms with Crippen LogP contribution in [0.1, 0.15) is 25.3 Å². The molecule has 1 aliphatic heterocycles. The maximum atomic E-state index is 13.7. The number of ether oxygens (including phenoxy) is 1. The Balaban J connectivity index is 2.03. The number of benzene rings is 1. The number of rotatable bonds is 3. The molecule has 0 amide bonds. The van der Waals surface area contributed by atoms with Gasteiger partial charge >= 0.3 is 6.18 Å². The lowest BCUT2D eigenvalue weighted by molar-refractivity contribution is -0.137. The number of alkyl halides is 3. The molecule has 6 heteroatoms. The van der Waals surface area contributed by atoms with Crippen LogP contribution in [0.2, 0.25) is 0 Å². The minimum Gasteiger partial charge on any atom is -0.382 e. The van der Waals surface area contributed by atoms with Gasteiger partial charge in [-0.25, -0.2) is 4.39 Å². The summed E-state index contributed by atoms with van der Waals surface area (Å²) in [5.74, 6) is -0.879. The van der Waals surface area contributed by atoms with Crippen LogP contribution < -0.4 is 5.32 Å². The quantitative estimate of drug-likeness (QED) is 0.848. The van der Waals surface area contributed by atoms with E-state index in [4.69, 9.17) is 4.74 Å². The molecular formula is C14H17F4NO. The molecular weight excluding hydrogens is 274 g/mol. The fourth-order valence-electron chi connectivity index (χ4n) is 2.18. The predicted octanol–water partition coefficient (Wildman–Crippen LogP) is 4.07. The molecule has 0 atom stereocenters. The number of anilines is 1. The summed E-state index contributed by atoms with van der Waals surface area (Å²) in [5.41, 5.74) is -0.892. The van der Waals surface area contributed by atoms with Gasteiger partial charge in [-0.3, -0.25) is 0 Å². The first-order valence-corrected chi connectivity index (χ1v) is 6.49. The van der Waals surface area contributed by atoms with Crippen LogP contribution in [-0.4, -0.2) is 19.8 Å². The molecule has 0 unspecified atom stereocenters. The molecule has 0 aromatic heterocycles. The van der Waals surface area contributed by atoms with E-state index in [1.165, 1.54) is 0 Å². The van der Waals surface area contributed by atoms with E-state index in [1.54, 1.807) is 0 Å². The summed E-state index contributed by atoms with van der Waals surface area (Å²) < 4.78 is 56.2.